The monoisotopic (exact) mass is 389 g/mol. The third kappa shape index (κ3) is 3.19. The normalized spacial score (nSPS) is 23.6. The zero-order valence-electron chi connectivity index (χ0n) is 16.1. The number of carbonyl (C=O) groups is 2. The van der Waals surface area contributed by atoms with Gasteiger partial charge in [0.1, 0.15) is 0 Å². The lowest BCUT2D eigenvalue weighted by Crippen LogP contribution is -2.46. The van der Waals surface area contributed by atoms with E-state index in [2.05, 4.69) is 18.2 Å². The first kappa shape index (κ1) is 19.2. The van der Waals surface area contributed by atoms with Crippen molar-refractivity contribution in [1.82, 2.24) is 0 Å². The van der Waals surface area contributed by atoms with Crippen LogP contribution in [0.15, 0.2) is 48.5 Å². The number of hydrogen-bond donors (Lipinski definition) is 1. The number of aliphatic carboxylic acids is 1. The Kier molecular flexibility index (Phi) is 5.10. The van der Waals surface area contributed by atoms with Gasteiger partial charge in [-0.05, 0) is 47.9 Å². The van der Waals surface area contributed by atoms with Crippen molar-refractivity contribution < 1.29 is 19.4 Å². The van der Waals surface area contributed by atoms with Crippen LogP contribution >= 0.6 is 0 Å². The van der Waals surface area contributed by atoms with E-state index in [0.717, 1.165) is 11.1 Å². The number of fused-ring (bicyclic) bond motifs is 1. The second-order valence-corrected chi connectivity index (χ2v) is 7.87. The number of esters is 1. The van der Waals surface area contributed by atoms with Crippen LogP contribution in [-0.2, 0) is 14.3 Å². The van der Waals surface area contributed by atoms with E-state index in [1.54, 1.807) is 0 Å². The first-order chi connectivity index (χ1) is 14.1. The van der Waals surface area contributed by atoms with Gasteiger partial charge in [0.05, 0.1) is 12.7 Å². The first-order valence-electron chi connectivity index (χ1n) is 10.1. The van der Waals surface area contributed by atoms with Crippen molar-refractivity contribution in [3.8, 4) is 6.07 Å². The molecule has 0 heterocycles. The van der Waals surface area contributed by atoms with Gasteiger partial charge in [-0.3, -0.25) is 9.59 Å². The molecule has 2 aromatic carbocycles. The van der Waals surface area contributed by atoms with Gasteiger partial charge in [0.25, 0.3) is 0 Å². The highest BCUT2D eigenvalue weighted by Gasteiger charge is 2.58. The minimum Gasteiger partial charge on any atom is -0.481 e. The smallest absolute Gasteiger partial charge is 0.327 e. The molecule has 0 aromatic heterocycles. The van der Waals surface area contributed by atoms with Gasteiger partial charge < -0.3 is 9.84 Å². The maximum atomic E-state index is 13.2. The number of carboxylic acids is 1. The quantitative estimate of drug-likeness (QED) is 0.561. The Morgan fingerprint density at radius 2 is 1.59 bits per heavy atom. The number of carbonyl (C=O) groups excluding carboxylic acids is 1. The lowest BCUT2D eigenvalue weighted by Gasteiger charge is -2.48. The van der Waals surface area contributed by atoms with Crippen LogP contribution < -0.4 is 0 Å². The molecule has 1 atom stereocenters. The largest absolute Gasteiger partial charge is 0.481 e. The summed E-state index contributed by atoms with van der Waals surface area (Å²) in [4.78, 5) is 23.7. The molecule has 29 heavy (non-hydrogen) atoms. The van der Waals surface area contributed by atoms with E-state index in [0.29, 0.717) is 25.7 Å². The SMILES string of the molecule is N#CC1(C(=O)OCCCCCC(=O)O)CC2c3ccccc3C1c1ccccc12. The fourth-order valence-electron chi connectivity index (χ4n) is 4.91. The zero-order chi connectivity index (χ0) is 20.4. The van der Waals surface area contributed by atoms with Gasteiger partial charge in [-0.25, -0.2) is 0 Å². The highest BCUT2D eigenvalue weighted by Crippen LogP contribution is 2.61. The summed E-state index contributed by atoms with van der Waals surface area (Å²) in [5, 5.41) is 18.9. The van der Waals surface area contributed by atoms with Crippen LogP contribution in [0.4, 0.5) is 0 Å². The van der Waals surface area contributed by atoms with Gasteiger partial charge >= 0.3 is 11.9 Å². The van der Waals surface area contributed by atoms with Gasteiger partial charge in [0, 0.05) is 18.3 Å². The van der Waals surface area contributed by atoms with Crippen LogP contribution in [0.5, 0.6) is 0 Å². The molecule has 5 heteroatoms. The molecule has 2 aromatic rings. The Morgan fingerprint density at radius 1 is 1.00 bits per heavy atom. The van der Waals surface area contributed by atoms with Crippen LogP contribution in [0, 0.1) is 16.7 Å². The molecule has 1 unspecified atom stereocenters. The predicted molar refractivity (Wildman–Crippen MR) is 106 cm³/mol. The average molecular weight is 389 g/mol. The van der Waals surface area contributed by atoms with Crippen LogP contribution in [0.25, 0.3) is 0 Å². The minimum absolute atomic E-state index is 0.00941. The van der Waals surface area contributed by atoms with E-state index in [4.69, 9.17) is 9.84 Å². The van der Waals surface area contributed by atoms with Gasteiger partial charge in [-0.1, -0.05) is 48.5 Å². The molecule has 5 rings (SSSR count). The van der Waals surface area contributed by atoms with Crippen molar-refractivity contribution in [1.29, 1.82) is 5.26 Å². The van der Waals surface area contributed by atoms with E-state index in [1.165, 1.54) is 11.1 Å². The molecule has 1 N–H and O–H groups in total. The van der Waals surface area contributed by atoms with Gasteiger partial charge in [0.15, 0.2) is 5.41 Å². The number of benzene rings is 2. The number of rotatable bonds is 7. The molecule has 5 nitrogen and oxygen atoms in total. The Balaban J connectivity index is 1.58. The Morgan fingerprint density at radius 3 is 2.14 bits per heavy atom. The third-order valence-corrected chi connectivity index (χ3v) is 6.22. The predicted octanol–water partition coefficient (Wildman–Crippen LogP) is 4.37. The highest BCUT2D eigenvalue weighted by molar-refractivity contribution is 5.85. The molecule has 148 valence electrons. The molecular weight excluding hydrogens is 366 g/mol. The topological polar surface area (TPSA) is 87.4 Å². The summed E-state index contributed by atoms with van der Waals surface area (Å²) in [5.41, 5.74) is 3.26. The van der Waals surface area contributed by atoms with Crippen molar-refractivity contribution in [2.45, 2.75) is 43.9 Å². The molecule has 3 aliphatic carbocycles. The number of hydrogen-bond acceptors (Lipinski definition) is 4. The molecule has 0 saturated heterocycles. The number of nitriles is 1. The lowest BCUT2D eigenvalue weighted by atomic mass is 9.52. The van der Waals surface area contributed by atoms with Crippen molar-refractivity contribution >= 4 is 11.9 Å². The molecular formula is C24H23NO4. The lowest BCUT2D eigenvalue weighted by molar-refractivity contribution is -0.154. The van der Waals surface area contributed by atoms with Crippen LogP contribution in [0.1, 0.15) is 66.2 Å². The van der Waals surface area contributed by atoms with Gasteiger partial charge in [0.2, 0.25) is 0 Å². The second-order valence-electron chi connectivity index (χ2n) is 7.87. The molecule has 0 spiro atoms. The molecule has 0 saturated carbocycles. The van der Waals surface area contributed by atoms with Crippen LogP contribution in [0.2, 0.25) is 0 Å². The molecule has 0 aliphatic heterocycles. The zero-order valence-corrected chi connectivity index (χ0v) is 16.1. The van der Waals surface area contributed by atoms with E-state index in [-0.39, 0.29) is 24.9 Å². The summed E-state index contributed by atoms with van der Waals surface area (Å²) in [6.07, 6.45) is 2.38. The number of unbranched alkanes of at least 4 members (excludes halogenated alkanes) is 2. The van der Waals surface area contributed by atoms with E-state index in [1.807, 2.05) is 36.4 Å². The fraction of sp³-hybridized carbons (Fsp3) is 0.375. The Bertz CT molecular complexity index is 945. The minimum atomic E-state index is -1.23. The second kappa shape index (κ2) is 7.71. The van der Waals surface area contributed by atoms with Crippen LogP contribution in [0.3, 0.4) is 0 Å². The Hall–Kier alpha value is -3.13. The summed E-state index contributed by atoms with van der Waals surface area (Å²) >= 11 is 0. The summed E-state index contributed by atoms with van der Waals surface area (Å²) in [6.45, 7) is 0.211. The average Bonchev–Trinajstić information content (AvgIpc) is 2.75. The molecule has 0 fully saturated rings. The number of nitrogens with zero attached hydrogens (tertiary/aromatic N) is 1. The standard InChI is InChI=1S/C24H23NO4/c25-15-24(23(28)29-13-7-1-2-12-21(26)27)14-20-16-8-3-5-10-18(16)22(24)19-11-6-4-9-17(19)20/h3-6,8-11,20,22H,1-2,7,12-14H2,(H,26,27). The van der Waals surface area contributed by atoms with Crippen LogP contribution in [-0.4, -0.2) is 23.7 Å². The maximum absolute atomic E-state index is 13.2. The van der Waals surface area contributed by atoms with Crippen molar-refractivity contribution in [2.75, 3.05) is 6.61 Å². The summed E-state index contributed by atoms with van der Waals surface area (Å²) in [7, 11) is 0. The van der Waals surface area contributed by atoms with Crippen molar-refractivity contribution in [3.05, 3.63) is 70.8 Å². The van der Waals surface area contributed by atoms with Gasteiger partial charge in [-0.2, -0.15) is 5.26 Å². The highest BCUT2D eigenvalue weighted by atomic mass is 16.5. The van der Waals surface area contributed by atoms with E-state index in [9.17, 15) is 14.9 Å². The van der Waals surface area contributed by atoms with Crippen molar-refractivity contribution in [2.24, 2.45) is 5.41 Å². The number of carboxylic acid groups (broad SMARTS) is 1. The molecule has 0 radical (unpaired) electrons. The summed E-state index contributed by atoms with van der Waals surface area (Å²) in [6, 6.07) is 18.5. The molecule has 0 amide bonds. The van der Waals surface area contributed by atoms with Gasteiger partial charge in [-0.15, -0.1) is 0 Å². The van der Waals surface area contributed by atoms with E-state index >= 15 is 0 Å². The van der Waals surface area contributed by atoms with E-state index < -0.39 is 17.4 Å². The number of ether oxygens (including phenoxy) is 1. The molecule has 3 aliphatic rings. The summed E-state index contributed by atoms with van der Waals surface area (Å²) < 4.78 is 5.56. The Labute approximate surface area is 169 Å². The first-order valence-corrected chi connectivity index (χ1v) is 10.1. The summed E-state index contributed by atoms with van der Waals surface area (Å²) in [5.74, 6) is -1.60. The molecule has 2 bridgehead atoms. The fourth-order valence-corrected chi connectivity index (χ4v) is 4.91. The van der Waals surface area contributed by atoms with Crippen molar-refractivity contribution in [3.63, 3.8) is 0 Å². The third-order valence-electron chi connectivity index (χ3n) is 6.22. The maximum Gasteiger partial charge on any atom is 0.327 e.